The number of methoxy groups -OCH3 is 1. The van der Waals surface area contributed by atoms with Gasteiger partial charge in [0.05, 0.1) is 31.4 Å². The average Bonchev–Trinajstić information content (AvgIpc) is 3.15. The van der Waals surface area contributed by atoms with E-state index in [1.165, 1.54) is 22.1 Å². The summed E-state index contributed by atoms with van der Waals surface area (Å²) >= 11 is 1.38. The molecule has 0 bridgehead atoms. The highest BCUT2D eigenvalue weighted by atomic mass is 32.1. The SMILES string of the molecule is CCOC(=O)c1c(N=Cc2c(O)n(Cc3ccc(OC)cc3)c(=O)c3ccccc23)sc(C)c1C. The minimum Gasteiger partial charge on any atom is -0.497 e. The Morgan fingerprint density at radius 2 is 1.80 bits per heavy atom. The summed E-state index contributed by atoms with van der Waals surface area (Å²) in [7, 11) is 1.59. The van der Waals surface area contributed by atoms with Crippen LogP contribution in [0.5, 0.6) is 11.6 Å². The molecule has 0 radical (unpaired) electrons. The summed E-state index contributed by atoms with van der Waals surface area (Å²) in [5, 5.41) is 12.7. The Bertz CT molecular complexity index is 1480. The van der Waals surface area contributed by atoms with Crippen LogP contribution in [-0.2, 0) is 11.3 Å². The second-order valence-electron chi connectivity index (χ2n) is 7.96. The van der Waals surface area contributed by atoms with Crippen LogP contribution in [0.15, 0.2) is 58.3 Å². The highest BCUT2D eigenvalue weighted by molar-refractivity contribution is 7.16. The molecule has 35 heavy (non-hydrogen) atoms. The molecule has 2 heterocycles. The number of aromatic nitrogens is 1. The van der Waals surface area contributed by atoms with Crippen molar-refractivity contribution < 1.29 is 19.4 Å². The monoisotopic (exact) mass is 490 g/mol. The molecule has 1 N–H and O–H groups in total. The van der Waals surface area contributed by atoms with Crippen LogP contribution in [0, 0.1) is 13.8 Å². The van der Waals surface area contributed by atoms with Gasteiger partial charge in [0.1, 0.15) is 10.8 Å². The van der Waals surface area contributed by atoms with Gasteiger partial charge in [-0.3, -0.25) is 9.36 Å². The standard InChI is InChI=1S/C27H26N2O5S/c1-5-34-27(32)23-16(2)17(3)35-24(23)28-14-22-20-8-6-7-9-21(20)25(30)29(26(22)31)15-18-10-12-19(33-4)13-11-18/h6-14,31H,5,15H2,1-4H3. The molecule has 0 unspecified atom stereocenters. The van der Waals surface area contributed by atoms with Crippen LogP contribution in [0.1, 0.15) is 38.8 Å². The lowest BCUT2D eigenvalue weighted by atomic mass is 10.1. The predicted octanol–water partition coefficient (Wildman–Crippen LogP) is 5.37. The fraction of sp³-hybridized carbons (Fsp3) is 0.222. The number of nitrogens with zero attached hydrogens (tertiary/aromatic N) is 2. The van der Waals surface area contributed by atoms with Gasteiger partial charge in [0.15, 0.2) is 0 Å². The summed E-state index contributed by atoms with van der Waals surface area (Å²) in [6.07, 6.45) is 1.51. The van der Waals surface area contributed by atoms with Crippen molar-refractivity contribution in [3.05, 3.63) is 86.0 Å². The number of aromatic hydroxyl groups is 1. The van der Waals surface area contributed by atoms with Crippen LogP contribution in [0.2, 0.25) is 0 Å². The summed E-state index contributed by atoms with van der Waals surface area (Å²) in [4.78, 5) is 31.3. The van der Waals surface area contributed by atoms with Crippen LogP contribution in [0.3, 0.4) is 0 Å². The molecule has 4 rings (SSSR count). The van der Waals surface area contributed by atoms with Gasteiger partial charge in [0.2, 0.25) is 5.88 Å². The van der Waals surface area contributed by atoms with E-state index in [0.29, 0.717) is 32.6 Å². The number of benzene rings is 2. The van der Waals surface area contributed by atoms with Crippen molar-refractivity contribution in [2.24, 2.45) is 4.99 Å². The maximum Gasteiger partial charge on any atom is 0.341 e. The summed E-state index contributed by atoms with van der Waals surface area (Å²) < 4.78 is 11.7. The first-order chi connectivity index (χ1) is 16.8. The fourth-order valence-corrected chi connectivity index (χ4v) is 4.86. The highest BCUT2D eigenvalue weighted by Crippen LogP contribution is 2.36. The molecule has 8 heteroatoms. The van der Waals surface area contributed by atoms with E-state index in [-0.39, 0.29) is 24.6 Å². The average molecular weight is 491 g/mol. The smallest absolute Gasteiger partial charge is 0.341 e. The lowest BCUT2D eigenvalue weighted by molar-refractivity contribution is 0.0527. The quantitative estimate of drug-likeness (QED) is 0.278. The first-order valence-corrected chi connectivity index (χ1v) is 12.0. The number of aryl methyl sites for hydroxylation is 1. The first kappa shape index (κ1) is 24.2. The Hall–Kier alpha value is -3.91. The number of pyridine rings is 1. The third-order valence-electron chi connectivity index (χ3n) is 5.85. The van der Waals surface area contributed by atoms with Gasteiger partial charge >= 0.3 is 5.97 Å². The normalized spacial score (nSPS) is 11.3. The molecular formula is C27H26N2O5S. The molecule has 2 aromatic carbocycles. The maximum absolute atomic E-state index is 13.2. The molecule has 7 nitrogen and oxygen atoms in total. The third-order valence-corrected chi connectivity index (χ3v) is 6.96. The van der Waals surface area contributed by atoms with E-state index in [4.69, 9.17) is 9.47 Å². The number of hydrogen-bond donors (Lipinski definition) is 1. The van der Waals surface area contributed by atoms with Crippen molar-refractivity contribution in [3.8, 4) is 11.6 Å². The lowest BCUT2D eigenvalue weighted by Crippen LogP contribution is -2.22. The largest absolute Gasteiger partial charge is 0.497 e. The van der Waals surface area contributed by atoms with Crippen molar-refractivity contribution in [1.29, 1.82) is 0 Å². The van der Waals surface area contributed by atoms with Crippen molar-refractivity contribution in [1.82, 2.24) is 4.57 Å². The lowest BCUT2D eigenvalue weighted by Gasteiger charge is -2.14. The topological polar surface area (TPSA) is 90.1 Å². The summed E-state index contributed by atoms with van der Waals surface area (Å²) in [5.41, 5.74) is 2.16. The predicted molar refractivity (Wildman–Crippen MR) is 139 cm³/mol. The van der Waals surface area contributed by atoms with Gasteiger partial charge in [-0.15, -0.1) is 11.3 Å². The fourth-order valence-electron chi connectivity index (χ4n) is 3.87. The Labute approximate surface area is 206 Å². The van der Waals surface area contributed by atoms with Crippen molar-refractivity contribution >= 4 is 39.3 Å². The zero-order chi connectivity index (χ0) is 25.1. The van der Waals surface area contributed by atoms with Gasteiger partial charge in [-0.1, -0.05) is 30.3 Å². The number of rotatable bonds is 7. The summed E-state index contributed by atoms with van der Waals surface area (Å²) in [5.74, 6) is 0.0756. The summed E-state index contributed by atoms with van der Waals surface area (Å²) in [6.45, 7) is 5.97. The first-order valence-electron chi connectivity index (χ1n) is 11.1. The number of esters is 1. The van der Waals surface area contributed by atoms with Gasteiger partial charge < -0.3 is 14.6 Å². The highest BCUT2D eigenvalue weighted by Gasteiger charge is 2.21. The van der Waals surface area contributed by atoms with Gasteiger partial charge in [-0.25, -0.2) is 9.79 Å². The van der Waals surface area contributed by atoms with Crippen molar-refractivity contribution in [2.45, 2.75) is 27.3 Å². The van der Waals surface area contributed by atoms with Crippen LogP contribution in [0.25, 0.3) is 10.8 Å². The molecule has 0 aliphatic carbocycles. The van der Waals surface area contributed by atoms with E-state index >= 15 is 0 Å². The molecule has 2 aromatic heterocycles. The Morgan fingerprint density at radius 3 is 2.46 bits per heavy atom. The van der Waals surface area contributed by atoms with E-state index in [0.717, 1.165) is 16.0 Å². The molecular weight excluding hydrogens is 464 g/mol. The molecule has 0 aliphatic heterocycles. The second-order valence-corrected chi connectivity index (χ2v) is 9.17. The Morgan fingerprint density at radius 1 is 1.11 bits per heavy atom. The molecule has 0 spiro atoms. The Kier molecular flexibility index (Phi) is 7.02. The summed E-state index contributed by atoms with van der Waals surface area (Å²) in [6, 6.07) is 14.4. The molecule has 0 saturated carbocycles. The number of ether oxygens (including phenoxy) is 2. The van der Waals surface area contributed by atoms with Gasteiger partial charge in [-0.2, -0.15) is 0 Å². The number of fused-ring (bicyclic) bond motifs is 1. The van der Waals surface area contributed by atoms with E-state index in [1.54, 1.807) is 50.4 Å². The van der Waals surface area contributed by atoms with Crippen molar-refractivity contribution in [2.75, 3.05) is 13.7 Å². The molecule has 0 aliphatic rings. The minimum atomic E-state index is -0.431. The number of hydrogen-bond acceptors (Lipinski definition) is 7. The van der Waals surface area contributed by atoms with Crippen LogP contribution in [-0.4, -0.2) is 35.6 Å². The zero-order valence-electron chi connectivity index (χ0n) is 20.0. The van der Waals surface area contributed by atoms with Crippen LogP contribution in [0.4, 0.5) is 5.00 Å². The Balaban J connectivity index is 1.84. The number of thiophene rings is 1. The van der Waals surface area contributed by atoms with Crippen LogP contribution >= 0.6 is 11.3 Å². The molecule has 4 aromatic rings. The maximum atomic E-state index is 13.2. The van der Waals surface area contributed by atoms with E-state index in [9.17, 15) is 14.7 Å². The molecule has 0 fully saturated rings. The van der Waals surface area contributed by atoms with E-state index < -0.39 is 5.97 Å². The van der Waals surface area contributed by atoms with Gasteiger partial charge in [0, 0.05) is 21.9 Å². The molecule has 180 valence electrons. The van der Waals surface area contributed by atoms with Crippen molar-refractivity contribution in [3.63, 3.8) is 0 Å². The van der Waals surface area contributed by atoms with E-state index in [2.05, 4.69) is 4.99 Å². The second kappa shape index (κ2) is 10.1. The minimum absolute atomic E-state index is 0.172. The molecule has 0 amide bonds. The third kappa shape index (κ3) is 4.70. The zero-order valence-corrected chi connectivity index (χ0v) is 20.8. The number of aliphatic imine (C=N–C) groups is 1. The van der Waals surface area contributed by atoms with Crippen LogP contribution < -0.4 is 10.3 Å². The van der Waals surface area contributed by atoms with Gasteiger partial charge in [-0.05, 0) is 50.1 Å². The number of carbonyl (C=O) groups is 1. The number of carbonyl (C=O) groups excluding carboxylic acids is 1. The molecule has 0 atom stereocenters. The van der Waals surface area contributed by atoms with Gasteiger partial charge in [0.25, 0.3) is 5.56 Å². The van der Waals surface area contributed by atoms with E-state index in [1.807, 2.05) is 26.0 Å². The molecule has 0 saturated heterocycles.